The molecule has 0 spiro atoms. The predicted octanol–water partition coefficient (Wildman–Crippen LogP) is 1.88. The van der Waals surface area contributed by atoms with E-state index in [4.69, 9.17) is 5.41 Å². The summed E-state index contributed by atoms with van der Waals surface area (Å²) < 4.78 is 0. The lowest BCUT2D eigenvalue weighted by molar-refractivity contribution is 0.487. The van der Waals surface area contributed by atoms with Crippen LogP contribution in [0.2, 0.25) is 0 Å². The van der Waals surface area contributed by atoms with Gasteiger partial charge in [0.1, 0.15) is 0 Å². The molecule has 1 aromatic rings. The highest BCUT2D eigenvalue weighted by Crippen LogP contribution is 2.09. The van der Waals surface area contributed by atoms with Crippen LogP contribution in [0.1, 0.15) is 17.6 Å². The van der Waals surface area contributed by atoms with Crippen molar-refractivity contribution in [2.45, 2.75) is 20.4 Å². The van der Waals surface area contributed by atoms with E-state index in [-0.39, 0.29) is 0 Å². The summed E-state index contributed by atoms with van der Waals surface area (Å²) in [4.78, 5) is 6.18. The van der Waals surface area contributed by atoms with Crippen molar-refractivity contribution in [3.05, 3.63) is 16.1 Å². The van der Waals surface area contributed by atoms with Gasteiger partial charge >= 0.3 is 0 Å². The Balaban J connectivity index is 2.58. The maximum Gasteiger partial charge on any atom is 0.0926 e. The number of amidine groups is 1. The number of hydrogen-bond acceptors (Lipinski definition) is 3. The smallest absolute Gasteiger partial charge is 0.0926 e. The summed E-state index contributed by atoms with van der Waals surface area (Å²) in [5.41, 5.74) is 1.05. The Morgan fingerprint density at radius 1 is 1.75 bits per heavy atom. The van der Waals surface area contributed by atoms with E-state index < -0.39 is 0 Å². The van der Waals surface area contributed by atoms with Crippen molar-refractivity contribution in [3.8, 4) is 0 Å². The third-order valence-electron chi connectivity index (χ3n) is 1.64. The summed E-state index contributed by atoms with van der Waals surface area (Å²) in [5.74, 6) is 0.570. The second kappa shape index (κ2) is 3.67. The summed E-state index contributed by atoms with van der Waals surface area (Å²) in [5, 5.41) is 10.5. The van der Waals surface area contributed by atoms with Gasteiger partial charge in [-0.2, -0.15) is 0 Å². The molecule has 4 heteroatoms. The molecule has 3 nitrogen and oxygen atoms in total. The van der Waals surface area contributed by atoms with Crippen LogP contribution >= 0.6 is 11.3 Å². The average Bonchev–Trinajstić information content (AvgIpc) is 2.35. The molecule has 0 fully saturated rings. The standard InChI is InChI=1S/C8H13N3S/c1-6(9)11(3)4-8-5-12-7(2)10-8/h5,9H,4H2,1-3H3. The number of hydrogen-bond donors (Lipinski definition) is 1. The first-order valence-electron chi connectivity index (χ1n) is 3.77. The predicted molar refractivity (Wildman–Crippen MR) is 51.7 cm³/mol. The molecule has 1 rings (SSSR count). The third-order valence-corrected chi connectivity index (χ3v) is 2.46. The van der Waals surface area contributed by atoms with Crippen LogP contribution in [0.3, 0.4) is 0 Å². The van der Waals surface area contributed by atoms with Gasteiger partial charge in [0.25, 0.3) is 0 Å². The second-order valence-electron chi connectivity index (χ2n) is 2.80. The molecule has 0 aliphatic heterocycles. The summed E-state index contributed by atoms with van der Waals surface area (Å²) >= 11 is 1.65. The van der Waals surface area contributed by atoms with Crippen LogP contribution in [0.5, 0.6) is 0 Å². The molecule has 0 atom stereocenters. The van der Waals surface area contributed by atoms with E-state index in [0.717, 1.165) is 17.2 Å². The first-order chi connectivity index (χ1) is 5.59. The molecular weight excluding hydrogens is 170 g/mol. The van der Waals surface area contributed by atoms with Gasteiger partial charge in [-0.1, -0.05) is 0 Å². The van der Waals surface area contributed by atoms with Crippen molar-refractivity contribution < 1.29 is 0 Å². The Kier molecular flexibility index (Phi) is 2.81. The van der Waals surface area contributed by atoms with E-state index in [2.05, 4.69) is 4.98 Å². The minimum absolute atomic E-state index is 0.570. The Bertz CT molecular complexity index is 280. The molecule has 0 saturated carbocycles. The number of aromatic nitrogens is 1. The zero-order chi connectivity index (χ0) is 9.14. The fourth-order valence-corrected chi connectivity index (χ4v) is 1.45. The first kappa shape index (κ1) is 9.19. The number of thiazole rings is 1. The van der Waals surface area contributed by atoms with Gasteiger partial charge in [0, 0.05) is 12.4 Å². The maximum atomic E-state index is 7.36. The molecule has 0 saturated heterocycles. The van der Waals surface area contributed by atoms with Gasteiger partial charge in [0.2, 0.25) is 0 Å². The van der Waals surface area contributed by atoms with Crippen molar-refractivity contribution in [3.63, 3.8) is 0 Å². The van der Waals surface area contributed by atoms with Crippen LogP contribution in [0.15, 0.2) is 5.38 Å². The molecule has 1 heterocycles. The molecule has 0 aromatic carbocycles. The Morgan fingerprint density at radius 2 is 2.42 bits per heavy atom. The van der Waals surface area contributed by atoms with Crippen LogP contribution in [-0.2, 0) is 6.54 Å². The summed E-state index contributed by atoms with van der Waals surface area (Å²) in [6, 6.07) is 0. The summed E-state index contributed by atoms with van der Waals surface area (Å²) in [7, 11) is 1.90. The van der Waals surface area contributed by atoms with E-state index >= 15 is 0 Å². The maximum absolute atomic E-state index is 7.36. The van der Waals surface area contributed by atoms with Gasteiger partial charge in [0.15, 0.2) is 0 Å². The molecule has 0 aliphatic carbocycles. The molecule has 0 radical (unpaired) electrons. The van der Waals surface area contributed by atoms with Crippen molar-refractivity contribution in [2.24, 2.45) is 0 Å². The van der Waals surface area contributed by atoms with Crippen LogP contribution < -0.4 is 0 Å². The fraction of sp³-hybridized carbons (Fsp3) is 0.500. The molecule has 1 N–H and O–H groups in total. The van der Waals surface area contributed by atoms with Gasteiger partial charge in [-0.05, 0) is 13.8 Å². The zero-order valence-electron chi connectivity index (χ0n) is 7.59. The van der Waals surface area contributed by atoms with E-state index in [1.165, 1.54) is 0 Å². The fourth-order valence-electron chi connectivity index (χ4n) is 0.842. The Hall–Kier alpha value is -0.900. The highest BCUT2D eigenvalue weighted by atomic mass is 32.1. The normalized spacial score (nSPS) is 9.92. The molecule has 66 valence electrons. The topological polar surface area (TPSA) is 40.0 Å². The van der Waals surface area contributed by atoms with E-state index in [0.29, 0.717) is 5.84 Å². The number of aryl methyl sites for hydroxylation is 1. The molecule has 12 heavy (non-hydrogen) atoms. The van der Waals surface area contributed by atoms with Crippen molar-refractivity contribution in [1.29, 1.82) is 5.41 Å². The summed E-state index contributed by atoms with van der Waals surface area (Å²) in [6.07, 6.45) is 0. The van der Waals surface area contributed by atoms with Gasteiger partial charge in [0.05, 0.1) is 23.1 Å². The van der Waals surface area contributed by atoms with Crippen LogP contribution in [0.25, 0.3) is 0 Å². The number of nitrogens with zero attached hydrogens (tertiary/aromatic N) is 2. The second-order valence-corrected chi connectivity index (χ2v) is 3.86. The molecule has 0 aliphatic rings. The van der Waals surface area contributed by atoms with E-state index in [1.807, 2.05) is 24.3 Å². The SMILES string of the molecule is CC(=N)N(C)Cc1csc(C)n1. The minimum atomic E-state index is 0.570. The van der Waals surface area contributed by atoms with E-state index in [9.17, 15) is 0 Å². The van der Waals surface area contributed by atoms with Crippen molar-refractivity contribution >= 4 is 17.2 Å². The average molecular weight is 183 g/mol. The molecule has 0 amide bonds. The lowest BCUT2D eigenvalue weighted by atomic mass is 10.4. The monoisotopic (exact) mass is 183 g/mol. The molecule has 0 unspecified atom stereocenters. The molecule has 0 bridgehead atoms. The molecular formula is C8H13N3S. The van der Waals surface area contributed by atoms with Crippen LogP contribution in [-0.4, -0.2) is 22.8 Å². The van der Waals surface area contributed by atoms with Gasteiger partial charge in [-0.25, -0.2) is 4.98 Å². The highest BCUT2D eigenvalue weighted by Gasteiger charge is 2.02. The number of rotatable bonds is 2. The Morgan fingerprint density at radius 3 is 2.83 bits per heavy atom. The summed E-state index contributed by atoms with van der Waals surface area (Å²) in [6.45, 7) is 4.50. The lowest BCUT2D eigenvalue weighted by Crippen LogP contribution is -2.22. The minimum Gasteiger partial charge on any atom is -0.358 e. The van der Waals surface area contributed by atoms with Crippen LogP contribution in [0, 0.1) is 12.3 Å². The number of nitrogens with one attached hydrogen (secondary N) is 1. The van der Waals surface area contributed by atoms with Gasteiger partial charge < -0.3 is 4.90 Å². The zero-order valence-corrected chi connectivity index (χ0v) is 8.40. The van der Waals surface area contributed by atoms with Gasteiger partial charge in [-0.3, -0.25) is 5.41 Å². The largest absolute Gasteiger partial charge is 0.358 e. The highest BCUT2D eigenvalue weighted by molar-refractivity contribution is 7.09. The van der Waals surface area contributed by atoms with Crippen molar-refractivity contribution in [1.82, 2.24) is 9.88 Å². The third kappa shape index (κ3) is 2.30. The van der Waals surface area contributed by atoms with Crippen LogP contribution in [0.4, 0.5) is 0 Å². The first-order valence-corrected chi connectivity index (χ1v) is 4.65. The van der Waals surface area contributed by atoms with Gasteiger partial charge in [-0.15, -0.1) is 11.3 Å². The van der Waals surface area contributed by atoms with E-state index in [1.54, 1.807) is 18.3 Å². The lowest BCUT2D eigenvalue weighted by Gasteiger charge is -2.14. The van der Waals surface area contributed by atoms with Crippen molar-refractivity contribution in [2.75, 3.05) is 7.05 Å². The quantitative estimate of drug-likeness (QED) is 0.561. The molecule has 1 aromatic heterocycles. The Labute approximate surface area is 76.6 Å².